The van der Waals surface area contributed by atoms with E-state index in [4.69, 9.17) is 11.6 Å². The van der Waals surface area contributed by atoms with Gasteiger partial charge in [-0.25, -0.2) is 9.07 Å². The van der Waals surface area contributed by atoms with Gasteiger partial charge in [0, 0.05) is 16.8 Å². The van der Waals surface area contributed by atoms with Crippen LogP contribution >= 0.6 is 27.5 Å². The predicted octanol–water partition coefficient (Wildman–Crippen LogP) is 5.15. The molecule has 1 heterocycles. The van der Waals surface area contributed by atoms with Crippen LogP contribution in [-0.2, 0) is 0 Å². The van der Waals surface area contributed by atoms with Gasteiger partial charge in [-0.1, -0.05) is 51.8 Å². The first kappa shape index (κ1) is 14.3. The number of benzene rings is 2. The van der Waals surface area contributed by atoms with Gasteiger partial charge in [-0.15, -0.1) is 0 Å². The molecule has 0 aliphatic rings. The van der Waals surface area contributed by atoms with Crippen molar-refractivity contribution in [1.82, 2.24) is 9.78 Å². The molecule has 0 saturated carbocycles. The van der Waals surface area contributed by atoms with Crippen LogP contribution in [0.3, 0.4) is 0 Å². The third-order valence-electron chi connectivity index (χ3n) is 3.15. The SMILES string of the molecule is Fc1ccc(C(Br)c2cnn(-c3ccccc3)c2)c(Cl)c1. The number of rotatable bonds is 3. The van der Waals surface area contributed by atoms with Crippen LogP contribution in [0.1, 0.15) is 16.0 Å². The summed E-state index contributed by atoms with van der Waals surface area (Å²) < 4.78 is 14.9. The van der Waals surface area contributed by atoms with E-state index in [-0.39, 0.29) is 10.6 Å². The lowest BCUT2D eigenvalue weighted by Gasteiger charge is -2.10. The molecule has 1 atom stereocenters. The normalized spacial score (nSPS) is 12.3. The molecule has 21 heavy (non-hydrogen) atoms. The Labute approximate surface area is 135 Å². The van der Waals surface area contributed by atoms with Crippen molar-refractivity contribution in [3.05, 3.63) is 82.9 Å². The summed E-state index contributed by atoms with van der Waals surface area (Å²) in [4.78, 5) is -0.136. The minimum atomic E-state index is -0.344. The van der Waals surface area contributed by atoms with E-state index in [0.717, 1.165) is 16.8 Å². The van der Waals surface area contributed by atoms with E-state index >= 15 is 0 Å². The molecule has 0 radical (unpaired) electrons. The number of para-hydroxylation sites is 1. The molecule has 1 aromatic heterocycles. The number of nitrogens with zero attached hydrogens (tertiary/aromatic N) is 2. The second-order valence-electron chi connectivity index (χ2n) is 4.58. The lowest BCUT2D eigenvalue weighted by molar-refractivity contribution is 0.627. The lowest BCUT2D eigenvalue weighted by Crippen LogP contribution is -1.95. The average Bonchev–Trinajstić information content (AvgIpc) is 2.97. The molecule has 3 aromatic rings. The Morgan fingerprint density at radius 3 is 2.62 bits per heavy atom. The Morgan fingerprint density at radius 2 is 1.90 bits per heavy atom. The van der Waals surface area contributed by atoms with Crippen LogP contribution in [0.4, 0.5) is 4.39 Å². The molecule has 2 aromatic carbocycles. The Bertz CT molecular complexity index is 758. The van der Waals surface area contributed by atoms with Crippen molar-refractivity contribution >= 4 is 27.5 Å². The first-order valence-electron chi connectivity index (χ1n) is 6.34. The van der Waals surface area contributed by atoms with Crippen LogP contribution in [-0.4, -0.2) is 9.78 Å². The number of alkyl halides is 1. The molecule has 2 nitrogen and oxygen atoms in total. The highest BCUT2D eigenvalue weighted by Crippen LogP contribution is 2.35. The topological polar surface area (TPSA) is 17.8 Å². The predicted molar refractivity (Wildman–Crippen MR) is 85.7 cm³/mol. The fourth-order valence-corrected chi connectivity index (χ4v) is 3.12. The summed E-state index contributed by atoms with van der Waals surface area (Å²) >= 11 is 9.70. The van der Waals surface area contributed by atoms with Crippen LogP contribution in [0, 0.1) is 5.82 Å². The molecular formula is C16H11BrClFN2. The van der Waals surface area contributed by atoms with E-state index in [1.54, 1.807) is 16.9 Å². The van der Waals surface area contributed by atoms with Crippen LogP contribution in [0.2, 0.25) is 5.02 Å². The summed E-state index contributed by atoms with van der Waals surface area (Å²) in [6, 6.07) is 14.2. The summed E-state index contributed by atoms with van der Waals surface area (Å²) in [5.41, 5.74) is 2.74. The monoisotopic (exact) mass is 364 g/mol. The maximum Gasteiger partial charge on any atom is 0.124 e. The van der Waals surface area contributed by atoms with E-state index in [2.05, 4.69) is 21.0 Å². The van der Waals surface area contributed by atoms with Gasteiger partial charge in [0.1, 0.15) is 5.82 Å². The van der Waals surface area contributed by atoms with Gasteiger partial charge in [0.15, 0.2) is 0 Å². The van der Waals surface area contributed by atoms with E-state index in [1.807, 2.05) is 36.5 Å². The van der Waals surface area contributed by atoms with Crippen molar-refractivity contribution in [3.63, 3.8) is 0 Å². The third-order valence-corrected chi connectivity index (χ3v) is 4.50. The summed E-state index contributed by atoms with van der Waals surface area (Å²) in [5.74, 6) is -0.344. The molecule has 0 bridgehead atoms. The van der Waals surface area contributed by atoms with Crippen molar-refractivity contribution < 1.29 is 4.39 Å². The number of aromatic nitrogens is 2. The molecule has 0 fully saturated rings. The standard InChI is InChI=1S/C16H11BrClFN2/c17-16(14-7-6-12(19)8-15(14)18)11-9-20-21(10-11)13-4-2-1-3-5-13/h1-10,16H. The molecule has 0 amide bonds. The van der Waals surface area contributed by atoms with Gasteiger partial charge in [-0.2, -0.15) is 5.10 Å². The van der Waals surface area contributed by atoms with Crippen LogP contribution in [0.5, 0.6) is 0 Å². The third kappa shape index (κ3) is 3.01. The van der Waals surface area contributed by atoms with Crippen molar-refractivity contribution in [2.45, 2.75) is 4.83 Å². The fourth-order valence-electron chi connectivity index (χ4n) is 2.08. The summed E-state index contributed by atoms with van der Waals surface area (Å²) in [5, 5.41) is 4.74. The van der Waals surface area contributed by atoms with E-state index in [9.17, 15) is 4.39 Å². The zero-order chi connectivity index (χ0) is 14.8. The smallest absolute Gasteiger partial charge is 0.124 e. The van der Waals surface area contributed by atoms with Crippen LogP contribution in [0.25, 0.3) is 5.69 Å². The maximum absolute atomic E-state index is 13.1. The van der Waals surface area contributed by atoms with Gasteiger partial charge in [0.05, 0.1) is 16.7 Å². The minimum Gasteiger partial charge on any atom is -0.241 e. The Kier molecular flexibility index (Phi) is 4.08. The molecule has 0 N–H and O–H groups in total. The fraction of sp³-hybridized carbons (Fsp3) is 0.0625. The van der Waals surface area contributed by atoms with E-state index < -0.39 is 0 Å². The summed E-state index contributed by atoms with van der Waals surface area (Å²) in [6.45, 7) is 0. The Morgan fingerprint density at radius 1 is 1.14 bits per heavy atom. The van der Waals surface area contributed by atoms with Crippen molar-refractivity contribution in [3.8, 4) is 5.69 Å². The molecule has 106 valence electrons. The van der Waals surface area contributed by atoms with Crippen molar-refractivity contribution in [2.75, 3.05) is 0 Å². The minimum absolute atomic E-state index is 0.136. The van der Waals surface area contributed by atoms with Gasteiger partial charge in [-0.3, -0.25) is 0 Å². The zero-order valence-electron chi connectivity index (χ0n) is 10.9. The van der Waals surface area contributed by atoms with Gasteiger partial charge < -0.3 is 0 Å². The largest absolute Gasteiger partial charge is 0.241 e. The highest BCUT2D eigenvalue weighted by atomic mass is 79.9. The highest BCUT2D eigenvalue weighted by Gasteiger charge is 2.16. The molecule has 0 aliphatic heterocycles. The number of halogens is 3. The number of hydrogen-bond donors (Lipinski definition) is 0. The van der Waals surface area contributed by atoms with Gasteiger partial charge >= 0.3 is 0 Å². The van der Waals surface area contributed by atoms with Gasteiger partial charge in [0.2, 0.25) is 0 Å². The highest BCUT2D eigenvalue weighted by molar-refractivity contribution is 9.09. The van der Waals surface area contributed by atoms with E-state index in [1.165, 1.54) is 12.1 Å². The van der Waals surface area contributed by atoms with Crippen molar-refractivity contribution in [2.24, 2.45) is 0 Å². The van der Waals surface area contributed by atoms with Crippen molar-refractivity contribution in [1.29, 1.82) is 0 Å². The molecule has 0 saturated heterocycles. The first-order chi connectivity index (χ1) is 10.1. The zero-order valence-corrected chi connectivity index (χ0v) is 13.2. The van der Waals surface area contributed by atoms with Gasteiger partial charge in [0.25, 0.3) is 0 Å². The Hall–Kier alpha value is -1.65. The molecule has 1 unspecified atom stereocenters. The van der Waals surface area contributed by atoms with Gasteiger partial charge in [-0.05, 0) is 29.8 Å². The Balaban J connectivity index is 1.92. The van der Waals surface area contributed by atoms with Crippen LogP contribution < -0.4 is 0 Å². The molecule has 3 rings (SSSR count). The number of hydrogen-bond acceptors (Lipinski definition) is 1. The molecule has 5 heteroatoms. The summed E-state index contributed by atoms with van der Waals surface area (Å²) in [6.07, 6.45) is 3.69. The van der Waals surface area contributed by atoms with E-state index in [0.29, 0.717) is 5.02 Å². The molecular weight excluding hydrogens is 355 g/mol. The maximum atomic E-state index is 13.1. The quantitative estimate of drug-likeness (QED) is 0.587. The molecule has 0 aliphatic carbocycles. The molecule has 0 spiro atoms. The first-order valence-corrected chi connectivity index (χ1v) is 7.63. The summed E-state index contributed by atoms with van der Waals surface area (Å²) in [7, 11) is 0. The van der Waals surface area contributed by atoms with Crippen LogP contribution in [0.15, 0.2) is 60.9 Å². The average molecular weight is 366 g/mol. The second kappa shape index (κ2) is 6.00. The second-order valence-corrected chi connectivity index (χ2v) is 5.91. The lowest BCUT2D eigenvalue weighted by atomic mass is 10.1.